The summed E-state index contributed by atoms with van der Waals surface area (Å²) in [6.45, 7) is 3.49. The lowest BCUT2D eigenvalue weighted by molar-refractivity contribution is -0.135. The molecule has 30 heavy (non-hydrogen) atoms. The van der Waals surface area contributed by atoms with Gasteiger partial charge >= 0.3 is 5.97 Å². The molecule has 2 aromatic carbocycles. The highest BCUT2D eigenvalue weighted by molar-refractivity contribution is 7.89. The number of para-hydroxylation sites is 1. The molecular formula is C20H22N4O5S. The van der Waals surface area contributed by atoms with Crippen LogP contribution in [0.25, 0.3) is 0 Å². The number of hydrogen-bond acceptors (Lipinski definition) is 7. The number of rotatable bonds is 6. The van der Waals surface area contributed by atoms with Gasteiger partial charge in [-0.2, -0.15) is 5.10 Å². The van der Waals surface area contributed by atoms with E-state index < -0.39 is 27.9 Å². The maximum atomic E-state index is 13.0. The second-order valence-corrected chi connectivity index (χ2v) is 8.21. The monoisotopic (exact) mass is 430 g/mol. The number of nitrogens with two attached hydrogens (primary N) is 1. The number of carbonyl (C=O) groups is 2. The van der Waals surface area contributed by atoms with Crippen LogP contribution in [-0.4, -0.2) is 38.7 Å². The zero-order valence-corrected chi connectivity index (χ0v) is 17.3. The van der Waals surface area contributed by atoms with E-state index in [9.17, 15) is 18.0 Å². The molecule has 1 heterocycles. The number of nitrogens with zero attached hydrogens (tertiary/aromatic N) is 2. The molecule has 1 atom stereocenters. The first-order chi connectivity index (χ1) is 14.2. The smallest absolute Gasteiger partial charge is 0.354 e. The standard InChI is InChI=1S/C20H22N4O5S/c1-3-29-20(26)16-12-17(24(23-16)15-7-5-4-6-8-15)19(25)22-14-10-9-13(2)18(11-14)30(21,27)28/h4-11,17H,3,12H2,1-2H3,(H,22,25)(H2,21,27,28). The molecule has 0 spiro atoms. The molecule has 1 aliphatic rings. The minimum absolute atomic E-state index is 0.0491. The predicted octanol–water partition coefficient (Wildman–Crippen LogP) is 1.78. The molecule has 9 nitrogen and oxygen atoms in total. The van der Waals surface area contributed by atoms with Crippen molar-refractivity contribution in [3.05, 3.63) is 54.1 Å². The molecule has 0 aromatic heterocycles. The van der Waals surface area contributed by atoms with Crippen molar-refractivity contribution in [3.8, 4) is 0 Å². The highest BCUT2D eigenvalue weighted by Gasteiger charge is 2.37. The third-order valence-corrected chi connectivity index (χ3v) is 5.56. The Hall–Kier alpha value is -3.24. The van der Waals surface area contributed by atoms with Crippen LogP contribution in [0.1, 0.15) is 18.9 Å². The summed E-state index contributed by atoms with van der Waals surface area (Å²) in [5, 5.41) is 13.7. The number of carbonyl (C=O) groups excluding carboxylic acids is 2. The molecule has 2 aromatic rings. The van der Waals surface area contributed by atoms with Crippen molar-refractivity contribution in [2.45, 2.75) is 31.2 Å². The first-order valence-electron chi connectivity index (χ1n) is 9.24. The molecule has 3 N–H and O–H groups in total. The van der Waals surface area contributed by atoms with E-state index in [2.05, 4.69) is 10.4 Å². The molecule has 3 rings (SSSR count). The van der Waals surface area contributed by atoms with Gasteiger partial charge in [0.2, 0.25) is 15.9 Å². The highest BCUT2D eigenvalue weighted by Crippen LogP contribution is 2.26. The molecule has 1 amide bonds. The first-order valence-corrected chi connectivity index (χ1v) is 10.8. The number of sulfonamides is 1. The summed E-state index contributed by atoms with van der Waals surface area (Å²) in [4.78, 5) is 25.1. The van der Waals surface area contributed by atoms with E-state index in [0.717, 1.165) is 0 Å². The number of anilines is 2. The average Bonchev–Trinajstić information content (AvgIpc) is 3.15. The number of hydrazone groups is 1. The van der Waals surface area contributed by atoms with Gasteiger partial charge in [0.25, 0.3) is 0 Å². The Labute approximate surface area is 174 Å². The zero-order valence-electron chi connectivity index (χ0n) is 16.5. The molecule has 1 unspecified atom stereocenters. The quantitative estimate of drug-likeness (QED) is 0.672. The van der Waals surface area contributed by atoms with Gasteiger partial charge in [0.1, 0.15) is 11.8 Å². The van der Waals surface area contributed by atoms with Gasteiger partial charge in [0, 0.05) is 12.1 Å². The van der Waals surface area contributed by atoms with Gasteiger partial charge in [-0.25, -0.2) is 18.4 Å². The van der Waals surface area contributed by atoms with Gasteiger partial charge in [-0.1, -0.05) is 24.3 Å². The molecule has 0 saturated carbocycles. The lowest BCUT2D eigenvalue weighted by Gasteiger charge is -2.23. The van der Waals surface area contributed by atoms with Crippen LogP contribution in [0.15, 0.2) is 58.5 Å². The lowest BCUT2D eigenvalue weighted by Crippen LogP contribution is -2.38. The van der Waals surface area contributed by atoms with E-state index >= 15 is 0 Å². The van der Waals surface area contributed by atoms with Crippen LogP contribution in [0, 0.1) is 6.92 Å². The van der Waals surface area contributed by atoms with Gasteiger partial charge in [-0.15, -0.1) is 0 Å². The normalized spacial score (nSPS) is 16.2. The Morgan fingerprint density at radius 3 is 2.57 bits per heavy atom. The van der Waals surface area contributed by atoms with Crippen molar-refractivity contribution in [1.29, 1.82) is 0 Å². The molecule has 158 valence electrons. The molecule has 1 aliphatic heterocycles. The summed E-state index contributed by atoms with van der Waals surface area (Å²) < 4.78 is 28.5. The SMILES string of the molecule is CCOC(=O)C1=NN(c2ccccc2)C(C(=O)Nc2ccc(C)c(S(N)(=O)=O)c2)C1. The van der Waals surface area contributed by atoms with E-state index in [0.29, 0.717) is 11.3 Å². The Balaban J connectivity index is 1.88. The summed E-state index contributed by atoms with van der Waals surface area (Å²) >= 11 is 0. The summed E-state index contributed by atoms with van der Waals surface area (Å²) in [5.74, 6) is -1.04. The first kappa shape index (κ1) is 21.5. The second-order valence-electron chi connectivity index (χ2n) is 6.68. The number of nitrogens with one attached hydrogen (secondary N) is 1. The predicted molar refractivity (Wildman–Crippen MR) is 113 cm³/mol. The van der Waals surface area contributed by atoms with Crippen LogP contribution in [0.5, 0.6) is 0 Å². The van der Waals surface area contributed by atoms with Crippen molar-refractivity contribution in [2.24, 2.45) is 10.2 Å². The maximum Gasteiger partial charge on any atom is 0.354 e. The van der Waals surface area contributed by atoms with Crippen LogP contribution in [0.3, 0.4) is 0 Å². The van der Waals surface area contributed by atoms with Crippen LogP contribution in [-0.2, 0) is 24.3 Å². The van der Waals surface area contributed by atoms with Crippen LogP contribution < -0.4 is 15.5 Å². The Bertz CT molecular complexity index is 1100. The molecule has 0 fully saturated rings. The zero-order chi connectivity index (χ0) is 21.9. The maximum absolute atomic E-state index is 13.0. The van der Waals surface area contributed by atoms with E-state index in [1.54, 1.807) is 50.2 Å². The van der Waals surface area contributed by atoms with Crippen LogP contribution in [0.4, 0.5) is 11.4 Å². The third-order valence-electron chi connectivity index (χ3n) is 4.51. The summed E-state index contributed by atoms with van der Waals surface area (Å²) in [5.41, 5.74) is 1.50. The van der Waals surface area contributed by atoms with Crippen molar-refractivity contribution < 1.29 is 22.7 Å². The van der Waals surface area contributed by atoms with E-state index in [4.69, 9.17) is 9.88 Å². The van der Waals surface area contributed by atoms with Gasteiger partial charge in [-0.05, 0) is 43.7 Å². The molecule has 0 aliphatic carbocycles. The summed E-state index contributed by atoms with van der Waals surface area (Å²) in [7, 11) is -3.94. The van der Waals surface area contributed by atoms with E-state index in [1.165, 1.54) is 11.1 Å². The number of esters is 1. The van der Waals surface area contributed by atoms with Crippen LogP contribution in [0.2, 0.25) is 0 Å². The van der Waals surface area contributed by atoms with Crippen LogP contribution >= 0.6 is 0 Å². The number of hydrogen-bond donors (Lipinski definition) is 2. The van der Waals surface area contributed by atoms with Gasteiger partial charge in [0.15, 0.2) is 0 Å². The second kappa shape index (κ2) is 8.64. The molecule has 10 heteroatoms. The fraction of sp³-hybridized carbons (Fsp3) is 0.250. The number of primary sulfonamides is 1. The number of benzene rings is 2. The van der Waals surface area contributed by atoms with Gasteiger partial charge in [0.05, 0.1) is 17.2 Å². The van der Waals surface area contributed by atoms with Crippen molar-refractivity contribution >= 4 is 39.0 Å². The third kappa shape index (κ3) is 4.66. The molecular weight excluding hydrogens is 408 g/mol. The highest BCUT2D eigenvalue weighted by atomic mass is 32.2. The Kier molecular flexibility index (Phi) is 6.18. The largest absolute Gasteiger partial charge is 0.461 e. The fourth-order valence-electron chi connectivity index (χ4n) is 3.08. The van der Waals surface area contributed by atoms with Crippen molar-refractivity contribution in [2.75, 3.05) is 16.9 Å². The topological polar surface area (TPSA) is 131 Å². The minimum atomic E-state index is -3.94. The van der Waals surface area contributed by atoms with Gasteiger partial charge in [-0.3, -0.25) is 9.80 Å². The van der Waals surface area contributed by atoms with Gasteiger partial charge < -0.3 is 10.1 Å². The average molecular weight is 430 g/mol. The van der Waals surface area contributed by atoms with Crippen molar-refractivity contribution in [1.82, 2.24) is 0 Å². The number of aryl methyl sites for hydroxylation is 1. The number of ether oxygens (including phenoxy) is 1. The van der Waals surface area contributed by atoms with E-state index in [1.807, 2.05) is 6.07 Å². The Morgan fingerprint density at radius 1 is 1.23 bits per heavy atom. The molecule has 0 bridgehead atoms. The number of amides is 1. The molecule has 0 saturated heterocycles. The summed E-state index contributed by atoms with van der Waals surface area (Å²) in [6, 6.07) is 12.6. The minimum Gasteiger partial charge on any atom is -0.461 e. The Morgan fingerprint density at radius 2 is 1.93 bits per heavy atom. The summed E-state index contributed by atoms with van der Waals surface area (Å²) in [6.07, 6.45) is 0.0491. The van der Waals surface area contributed by atoms with Crippen molar-refractivity contribution in [3.63, 3.8) is 0 Å². The lowest BCUT2D eigenvalue weighted by atomic mass is 10.1. The van der Waals surface area contributed by atoms with E-state index in [-0.39, 0.29) is 29.3 Å². The fourth-order valence-corrected chi connectivity index (χ4v) is 3.89. The molecule has 0 radical (unpaired) electrons.